The standard InChI is InChI=1S/C16H26BrNO/c1-6-7-13(5)19-16-12(4)8-15(17)9-14(16)10-18-11(2)3/h8-9,11,13,18H,6-7,10H2,1-5H3. The summed E-state index contributed by atoms with van der Waals surface area (Å²) in [5.41, 5.74) is 2.42. The summed E-state index contributed by atoms with van der Waals surface area (Å²) >= 11 is 3.57. The lowest BCUT2D eigenvalue weighted by Gasteiger charge is -2.20. The number of rotatable bonds is 7. The number of nitrogens with one attached hydrogen (secondary N) is 1. The van der Waals surface area contributed by atoms with E-state index in [-0.39, 0.29) is 6.10 Å². The summed E-state index contributed by atoms with van der Waals surface area (Å²) in [6, 6.07) is 4.74. The topological polar surface area (TPSA) is 21.3 Å². The van der Waals surface area contributed by atoms with Crippen LogP contribution in [0.5, 0.6) is 5.75 Å². The molecule has 0 aliphatic heterocycles. The molecule has 0 aliphatic carbocycles. The summed E-state index contributed by atoms with van der Waals surface area (Å²) in [6.45, 7) is 11.6. The number of aryl methyl sites for hydroxylation is 1. The van der Waals surface area contributed by atoms with Gasteiger partial charge in [0.1, 0.15) is 5.75 Å². The van der Waals surface area contributed by atoms with Crippen molar-refractivity contribution in [3.63, 3.8) is 0 Å². The third kappa shape index (κ3) is 5.53. The first-order valence-corrected chi connectivity index (χ1v) is 7.92. The third-order valence-corrected chi connectivity index (χ3v) is 3.49. The van der Waals surface area contributed by atoms with Gasteiger partial charge in [0, 0.05) is 22.6 Å². The summed E-state index contributed by atoms with van der Waals surface area (Å²) in [6.07, 6.45) is 2.51. The van der Waals surface area contributed by atoms with E-state index in [9.17, 15) is 0 Å². The molecule has 0 radical (unpaired) electrons. The molecule has 108 valence electrons. The van der Waals surface area contributed by atoms with Crippen molar-refractivity contribution >= 4 is 15.9 Å². The first kappa shape index (κ1) is 16.5. The van der Waals surface area contributed by atoms with Crippen LogP contribution in [0.4, 0.5) is 0 Å². The van der Waals surface area contributed by atoms with Gasteiger partial charge in [0.15, 0.2) is 0 Å². The molecule has 0 bridgehead atoms. The Bertz CT molecular complexity index is 404. The van der Waals surface area contributed by atoms with Crippen LogP contribution in [0.3, 0.4) is 0 Å². The van der Waals surface area contributed by atoms with Gasteiger partial charge in [-0.2, -0.15) is 0 Å². The molecule has 1 aromatic rings. The minimum atomic E-state index is 0.266. The smallest absolute Gasteiger partial charge is 0.127 e. The zero-order chi connectivity index (χ0) is 14.4. The Kier molecular flexibility index (Phi) is 6.87. The van der Waals surface area contributed by atoms with E-state index in [2.05, 4.69) is 68.0 Å². The van der Waals surface area contributed by atoms with Gasteiger partial charge in [-0.25, -0.2) is 0 Å². The zero-order valence-electron chi connectivity index (χ0n) is 12.7. The van der Waals surface area contributed by atoms with Crippen LogP contribution >= 0.6 is 15.9 Å². The number of halogens is 1. The van der Waals surface area contributed by atoms with Crippen molar-refractivity contribution in [2.24, 2.45) is 0 Å². The molecule has 1 unspecified atom stereocenters. The summed E-state index contributed by atoms with van der Waals surface area (Å²) in [5.74, 6) is 1.04. The number of hydrogen-bond acceptors (Lipinski definition) is 2. The second kappa shape index (κ2) is 7.91. The average molecular weight is 328 g/mol. The Morgan fingerprint density at radius 3 is 2.53 bits per heavy atom. The molecule has 0 amide bonds. The Labute approximate surface area is 126 Å². The molecule has 0 fully saturated rings. The molecule has 0 heterocycles. The van der Waals surface area contributed by atoms with Crippen molar-refractivity contribution in [2.75, 3.05) is 0 Å². The highest BCUT2D eigenvalue weighted by Crippen LogP contribution is 2.29. The molecule has 0 aliphatic rings. The lowest BCUT2D eigenvalue weighted by atomic mass is 10.1. The van der Waals surface area contributed by atoms with Crippen molar-refractivity contribution in [3.05, 3.63) is 27.7 Å². The van der Waals surface area contributed by atoms with Crippen LogP contribution in [0.25, 0.3) is 0 Å². The SMILES string of the molecule is CCCC(C)Oc1c(C)cc(Br)cc1CNC(C)C. The first-order valence-electron chi connectivity index (χ1n) is 7.13. The van der Waals surface area contributed by atoms with Gasteiger partial charge in [0.2, 0.25) is 0 Å². The number of benzene rings is 1. The molecule has 2 nitrogen and oxygen atoms in total. The fraction of sp³-hybridized carbons (Fsp3) is 0.625. The monoisotopic (exact) mass is 327 g/mol. The van der Waals surface area contributed by atoms with Gasteiger partial charge in [0.05, 0.1) is 6.10 Å². The van der Waals surface area contributed by atoms with E-state index in [1.165, 1.54) is 11.1 Å². The Morgan fingerprint density at radius 1 is 1.26 bits per heavy atom. The van der Waals surface area contributed by atoms with E-state index in [0.717, 1.165) is 29.6 Å². The molecular weight excluding hydrogens is 302 g/mol. The van der Waals surface area contributed by atoms with Gasteiger partial charge >= 0.3 is 0 Å². The minimum absolute atomic E-state index is 0.266. The number of hydrogen-bond donors (Lipinski definition) is 1. The quantitative estimate of drug-likeness (QED) is 0.774. The summed E-state index contributed by atoms with van der Waals surface area (Å²) < 4.78 is 7.26. The Hall–Kier alpha value is -0.540. The Balaban J connectivity index is 2.92. The summed E-state index contributed by atoms with van der Waals surface area (Å²) in [7, 11) is 0. The normalized spacial score (nSPS) is 12.8. The maximum Gasteiger partial charge on any atom is 0.127 e. The van der Waals surface area contributed by atoms with E-state index < -0.39 is 0 Å². The fourth-order valence-electron chi connectivity index (χ4n) is 2.08. The molecule has 0 spiro atoms. The van der Waals surface area contributed by atoms with Crippen LogP contribution in [-0.2, 0) is 6.54 Å². The van der Waals surface area contributed by atoms with E-state index in [1.807, 2.05) is 0 Å². The summed E-state index contributed by atoms with van der Waals surface area (Å²) in [4.78, 5) is 0. The lowest BCUT2D eigenvalue weighted by Crippen LogP contribution is -2.23. The lowest BCUT2D eigenvalue weighted by molar-refractivity contribution is 0.206. The van der Waals surface area contributed by atoms with Crippen molar-refractivity contribution in [1.82, 2.24) is 5.32 Å². The maximum atomic E-state index is 6.14. The van der Waals surface area contributed by atoms with Gasteiger partial charge in [-0.1, -0.05) is 43.1 Å². The fourth-order valence-corrected chi connectivity index (χ4v) is 2.70. The van der Waals surface area contributed by atoms with Crippen molar-refractivity contribution in [1.29, 1.82) is 0 Å². The van der Waals surface area contributed by atoms with Crippen LogP contribution in [-0.4, -0.2) is 12.1 Å². The second-order valence-corrected chi connectivity index (χ2v) is 6.38. The molecule has 0 aromatic heterocycles. The molecule has 1 rings (SSSR count). The average Bonchev–Trinajstić information content (AvgIpc) is 2.30. The molecule has 19 heavy (non-hydrogen) atoms. The van der Waals surface area contributed by atoms with Crippen LogP contribution < -0.4 is 10.1 Å². The van der Waals surface area contributed by atoms with E-state index >= 15 is 0 Å². The van der Waals surface area contributed by atoms with Crippen LogP contribution in [0.1, 0.15) is 51.7 Å². The highest BCUT2D eigenvalue weighted by Gasteiger charge is 2.12. The third-order valence-electron chi connectivity index (χ3n) is 3.03. The van der Waals surface area contributed by atoms with Gasteiger partial charge < -0.3 is 10.1 Å². The molecule has 0 saturated heterocycles. The molecule has 3 heteroatoms. The van der Waals surface area contributed by atoms with E-state index in [1.54, 1.807) is 0 Å². The molecule has 1 N–H and O–H groups in total. The number of ether oxygens (including phenoxy) is 1. The Morgan fingerprint density at radius 2 is 1.95 bits per heavy atom. The van der Waals surface area contributed by atoms with Gasteiger partial charge in [-0.3, -0.25) is 0 Å². The highest BCUT2D eigenvalue weighted by molar-refractivity contribution is 9.10. The molecule has 1 aromatic carbocycles. The van der Waals surface area contributed by atoms with E-state index in [0.29, 0.717) is 6.04 Å². The summed E-state index contributed by atoms with van der Waals surface area (Å²) in [5, 5.41) is 3.46. The second-order valence-electron chi connectivity index (χ2n) is 5.46. The van der Waals surface area contributed by atoms with Crippen molar-refractivity contribution in [2.45, 2.75) is 66.2 Å². The maximum absolute atomic E-state index is 6.14. The van der Waals surface area contributed by atoms with Gasteiger partial charge in [0.25, 0.3) is 0 Å². The predicted molar refractivity (Wildman–Crippen MR) is 85.9 cm³/mol. The van der Waals surface area contributed by atoms with Crippen LogP contribution in [0, 0.1) is 6.92 Å². The van der Waals surface area contributed by atoms with Gasteiger partial charge in [-0.05, 0) is 38.0 Å². The molecular formula is C16H26BrNO. The largest absolute Gasteiger partial charge is 0.490 e. The van der Waals surface area contributed by atoms with E-state index in [4.69, 9.17) is 4.74 Å². The van der Waals surface area contributed by atoms with Crippen molar-refractivity contribution < 1.29 is 4.74 Å². The molecule has 0 saturated carbocycles. The zero-order valence-corrected chi connectivity index (χ0v) is 14.3. The minimum Gasteiger partial charge on any atom is -0.490 e. The van der Waals surface area contributed by atoms with Crippen LogP contribution in [0.15, 0.2) is 16.6 Å². The highest BCUT2D eigenvalue weighted by atomic mass is 79.9. The molecule has 1 atom stereocenters. The van der Waals surface area contributed by atoms with Gasteiger partial charge in [-0.15, -0.1) is 0 Å². The van der Waals surface area contributed by atoms with Crippen LogP contribution in [0.2, 0.25) is 0 Å². The van der Waals surface area contributed by atoms with Crippen molar-refractivity contribution in [3.8, 4) is 5.75 Å². The predicted octanol–water partition coefficient (Wildman–Crippen LogP) is 4.82. The first-order chi connectivity index (χ1) is 8.93.